The number of likely N-dealkylation sites (tertiary alicyclic amines) is 1. The smallest absolute Gasteiger partial charge is 0.248 e. The molecule has 184 valence electrons. The van der Waals surface area contributed by atoms with E-state index in [1.165, 1.54) is 10.9 Å². The molecule has 1 aliphatic carbocycles. The van der Waals surface area contributed by atoms with Gasteiger partial charge in [-0.3, -0.25) is 9.59 Å². The fraction of sp³-hybridized carbons (Fsp3) is 0.292. The summed E-state index contributed by atoms with van der Waals surface area (Å²) < 4.78 is 30.4. The monoisotopic (exact) mass is 555 g/mol. The van der Waals surface area contributed by atoms with E-state index in [9.17, 15) is 18.4 Å². The molecule has 1 aliphatic heterocycles. The van der Waals surface area contributed by atoms with E-state index in [1.54, 1.807) is 23.1 Å². The van der Waals surface area contributed by atoms with Crippen LogP contribution in [-0.4, -0.2) is 48.3 Å². The van der Waals surface area contributed by atoms with Crippen molar-refractivity contribution in [1.82, 2.24) is 24.4 Å². The highest BCUT2D eigenvalue weighted by Crippen LogP contribution is 2.44. The molecule has 1 aromatic carbocycles. The number of nitrogens with one attached hydrogen (secondary N) is 1. The minimum absolute atomic E-state index is 0.0503. The molecular formula is C24H20BrF2N7O2. The molecule has 6 rings (SSSR count). The van der Waals surface area contributed by atoms with Gasteiger partial charge in [0, 0.05) is 17.5 Å². The van der Waals surface area contributed by atoms with Crippen LogP contribution in [0.5, 0.6) is 0 Å². The Hall–Kier alpha value is -3.67. The van der Waals surface area contributed by atoms with Crippen molar-refractivity contribution in [3.8, 4) is 0 Å². The Morgan fingerprint density at radius 2 is 1.97 bits per heavy atom. The lowest BCUT2D eigenvalue weighted by Crippen LogP contribution is -2.50. The number of rotatable bonds is 4. The number of benzene rings is 1. The predicted molar refractivity (Wildman–Crippen MR) is 132 cm³/mol. The summed E-state index contributed by atoms with van der Waals surface area (Å²) in [5, 5.41) is 3.47. The third-order valence-corrected chi connectivity index (χ3v) is 7.60. The number of aromatic nitrogens is 4. The summed E-state index contributed by atoms with van der Waals surface area (Å²) in [7, 11) is 0. The van der Waals surface area contributed by atoms with Gasteiger partial charge in [-0.1, -0.05) is 6.07 Å². The lowest BCUT2D eigenvalue weighted by atomic mass is 9.80. The molecule has 2 amide bonds. The molecule has 3 atom stereocenters. The van der Waals surface area contributed by atoms with E-state index in [0.29, 0.717) is 33.3 Å². The molecule has 0 bridgehead atoms. The lowest BCUT2D eigenvalue weighted by Gasteiger charge is -2.37. The van der Waals surface area contributed by atoms with Gasteiger partial charge in [-0.15, -0.1) is 0 Å². The van der Waals surface area contributed by atoms with Crippen LogP contribution in [0.1, 0.15) is 19.3 Å². The number of hydrogen-bond acceptors (Lipinski definition) is 6. The van der Waals surface area contributed by atoms with Gasteiger partial charge < -0.3 is 20.5 Å². The standard InChI is InChI=1S/C24H20BrF2N7O2/c25-18-2-1-3-19(31-18)32-24(36)17-6-11-4-5-15(11)34(17)20(35)9-33-16-8-14(27)13(26)7-12(16)21-22(28)29-10-30-23(21)33/h1-3,7-8,10-11,15,17H,4-6,9H2,(H2,28,29,30)(H,31,32,36)/t11-,15-,17+/m1/s1. The van der Waals surface area contributed by atoms with E-state index < -0.39 is 17.7 Å². The summed E-state index contributed by atoms with van der Waals surface area (Å²) in [5.74, 6) is -2.00. The van der Waals surface area contributed by atoms with Gasteiger partial charge >= 0.3 is 0 Å². The maximum Gasteiger partial charge on any atom is 0.248 e. The van der Waals surface area contributed by atoms with E-state index in [1.807, 2.05) is 0 Å². The average molecular weight is 556 g/mol. The summed E-state index contributed by atoms with van der Waals surface area (Å²) in [5.41, 5.74) is 6.60. The van der Waals surface area contributed by atoms with Gasteiger partial charge in [0.1, 0.15) is 40.8 Å². The molecule has 9 nitrogen and oxygen atoms in total. The van der Waals surface area contributed by atoms with Crippen LogP contribution in [0.3, 0.4) is 0 Å². The Kier molecular flexibility index (Phi) is 5.36. The number of carbonyl (C=O) groups is 2. The van der Waals surface area contributed by atoms with Gasteiger partial charge in [-0.2, -0.15) is 0 Å². The summed E-state index contributed by atoms with van der Waals surface area (Å²) in [6.45, 7) is -0.219. The van der Waals surface area contributed by atoms with Crippen LogP contribution in [0.25, 0.3) is 21.9 Å². The van der Waals surface area contributed by atoms with Crippen LogP contribution in [0.2, 0.25) is 0 Å². The number of fused-ring (bicyclic) bond motifs is 4. The number of nitrogen functional groups attached to an aromatic ring is 1. The van der Waals surface area contributed by atoms with E-state index in [2.05, 4.69) is 36.2 Å². The fourth-order valence-corrected chi connectivity index (χ4v) is 5.75. The Labute approximate surface area is 211 Å². The molecule has 3 aromatic heterocycles. The molecule has 36 heavy (non-hydrogen) atoms. The van der Waals surface area contributed by atoms with Crippen LogP contribution < -0.4 is 11.1 Å². The van der Waals surface area contributed by atoms with Crippen LogP contribution >= 0.6 is 15.9 Å². The molecule has 4 aromatic rings. The Morgan fingerprint density at radius 1 is 1.17 bits per heavy atom. The Balaban J connectivity index is 1.36. The van der Waals surface area contributed by atoms with Gasteiger partial charge in [0.15, 0.2) is 11.6 Å². The van der Waals surface area contributed by atoms with E-state index >= 15 is 0 Å². The second-order valence-electron chi connectivity index (χ2n) is 9.12. The number of halogens is 3. The number of nitrogens with zero attached hydrogens (tertiary/aromatic N) is 5. The van der Waals surface area contributed by atoms with Crippen molar-refractivity contribution < 1.29 is 18.4 Å². The first-order valence-electron chi connectivity index (χ1n) is 11.4. The van der Waals surface area contributed by atoms with Crippen LogP contribution in [-0.2, 0) is 16.1 Å². The van der Waals surface area contributed by atoms with Crippen LogP contribution in [0, 0.1) is 17.6 Å². The largest absolute Gasteiger partial charge is 0.383 e. The van der Waals surface area contributed by atoms with Gasteiger partial charge in [-0.25, -0.2) is 23.7 Å². The molecule has 2 aliphatic rings. The molecule has 12 heteroatoms. The van der Waals surface area contributed by atoms with Crippen LogP contribution in [0.15, 0.2) is 41.3 Å². The molecule has 1 saturated carbocycles. The molecule has 0 unspecified atom stereocenters. The molecular weight excluding hydrogens is 536 g/mol. The van der Waals surface area contributed by atoms with Crippen molar-refractivity contribution in [2.45, 2.75) is 37.9 Å². The summed E-state index contributed by atoms with van der Waals surface area (Å²) in [6.07, 6.45) is 3.54. The first-order valence-corrected chi connectivity index (χ1v) is 12.2. The lowest BCUT2D eigenvalue weighted by molar-refractivity contribution is -0.140. The van der Waals surface area contributed by atoms with Crippen molar-refractivity contribution in [3.63, 3.8) is 0 Å². The Bertz CT molecular complexity index is 1560. The number of anilines is 2. The van der Waals surface area contributed by atoms with Crippen molar-refractivity contribution in [2.75, 3.05) is 11.1 Å². The minimum Gasteiger partial charge on any atom is -0.383 e. The number of hydrogen-bond donors (Lipinski definition) is 2. The normalized spacial score (nSPS) is 21.0. The van der Waals surface area contributed by atoms with Gasteiger partial charge in [0.05, 0.1) is 10.9 Å². The maximum absolute atomic E-state index is 14.2. The van der Waals surface area contributed by atoms with E-state index in [4.69, 9.17) is 5.73 Å². The zero-order valence-corrected chi connectivity index (χ0v) is 20.4. The molecule has 2 fully saturated rings. The predicted octanol–water partition coefficient (Wildman–Crippen LogP) is 3.62. The van der Waals surface area contributed by atoms with Crippen molar-refractivity contribution in [1.29, 1.82) is 0 Å². The summed E-state index contributed by atoms with van der Waals surface area (Å²) >= 11 is 3.29. The Morgan fingerprint density at radius 3 is 2.72 bits per heavy atom. The average Bonchev–Trinajstić information content (AvgIpc) is 3.26. The van der Waals surface area contributed by atoms with E-state index in [-0.39, 0.29) is 41.7 Å². The van der Waals surface area contributed by atoms with E-state index in [0.717, 1.165) is 25.0 Å². The topological polar surface area (TPSA) is 119 Å². The highest BCUT2D eigenvalue weighted by atomic mass is 79.9. The number of carbonyl (C=O) groups excluding carboxylic acids is 2. The van der Waals surface area contributed by atoms with Crippen molar-refractivity contribution >= 4 is 61.3 Å². The first-order chi connectivity index (χ1) is 17.3. The summed E-state index contributed by atoms with van der Waals surface area (Å²) in [6, 6.07) is 6.52. The quantitative estimate of drug-likeness (QED) is 0.371. The minimum atomic E-state index is -1.05. The third-order valence-electron chi connectivity index (χ3n) is 7.16. The highest BCUT2D eigenvalue weighted by Gasteiger charge is 2.51. The number of pyridine rings is 1. The molecule has 1 saturated heterocycles. The first kappa shape index (κ1) is 22.8. The molecule has 4 heterocycles. The number of nitrogens with two attached hydrogens (primary N) is 1. The zero-order valence-electron chi connectivity index (χ0n) is 18.8. The molecule has 3 N–H and O–H groups in total. The van der Waals surface area contributed by atoms with Crippen LogP contribution in [0.4, 0.5) is 20.4 Å². The van der Waals surface area contributed by atoms with Crippen molar-refractivity contribution in [2.24, 2.45) is 5.92 Å². The van der Waals surface area contributed by atoms with Gasteiger partial charge in [0.25, 0.3) is 0 Å². The SMILES string of the molecule is Nc1ncnc2c1c1cc(F)c(F)cc1n2CC(=O)N1[C@@H]2CC[C@@H]2C[C@H]1C(=O)Nc1cccc(Br)n1. The number of amides is 2. The van der Waals surface area contributed by atoms with Gasteiger partial charge in [-0.05, 0) is 59.3 Å². The second kappa shape index (κ2) is 8.47. The second-order valence-corrected chi connectivity index (χ2v) is 9.93. The molecule has 0 spiro atoms. The van der Waals surface area contributed by atoms with Gasteiger partial charge in [0.2, 0.25) is 11.8 Å². The third kappa shape index (κ3) is 3.58. The highest BCUT2D eigenvalue weighted by molar-refractivity contribution is 9.10. The fourth-order valence-electron chi connectivity index (χ4n) is 5.41. The zero-order chi connectivity index (χ0) is 25.1. The molecule has 0 radical (unpaired) electrons. The summed E-state index contributed by atoms with van der Waals surface area (Å²) in [4.78, 5) is 41.0. The van der Waals surface area contributed by atoms with Crippen molar-refractivity contribution in [3.05, 3.63) is 52.9 Å². The maximum atomic E-state index is 14.2.